The first kappa shape index (κ1) is 20.6. The predicted molar refractivity (Wildman–Crippen MR) is 84.8 cm³/mol. The van der Waals surface area contributed by atoms with Gasteiger partial charge in [0.1, 0.15) is 6.61 Å². The molecule has 0 unspecified atom stereocenters. The Balaban J connectivity index is 3.74. The summed E-state index contributed by atoms with van der Waals surface area (Å²) in [4.78, 5) is 22.5. The number of hydrogen-bond donors (Lipinski definition) is 1. The van der Waals surface area contributed by atoms with Crippen LogP contribution >= 0.6 is 0 Å². The maximum absolute atomic E-state index is 11.4. The lowest BCUT2D eigenvalue weighted by Gasteiger charge is -2.25. The molecule has 7 nitrogen and oxygen atoms in total. The first-order valence-corrected chi connectivity index (χ1v) is 9.47. The molecule has 0 aliphatic heterocycles. The fourth-order valence-electron chi connectivity index (χ4n) is 1.73. The van der Waals surface area contributed by atoms with Crippen molar-refractivity contribution in [2.24, 2.45) is 0 Å². The van der Waals surface area contributed by atoms with Crippen LogP contribution in [0.3, 0.4) is 0 Å². The lowest BCUT2D eigenvalue weighted by Crippen LogP contribution is -2.39. The summed E-state index contributed by atoms with van der Waals surface area (Å²) >= 11 is 0. The minimum Gasteiger partial charge on any atom is -0.460 e. The van der Waals surface area contributed by atoms with Crippen molar-refractivity contribution in [1.82, 2.24) is 5.32 Å². The first-order chi connectivity index (χ1) is 10.4. The van der Waals surface area contributed by atoms with Gasteiger partial charge in [-0.1, -0.05) is 13.5 Å². The van der Waals surface area contributed by atoms with Crippen molar-refractivity contribution in [3.63, 3.8) is 0 Å². The predicted octanol–water partition coefficient (Wildman–Crippen LogP) is 1.98. The molecule has 0 aromatic heterocycles. The molecule has 0 radical (unpaired) electrons. The van der Waals surface area contributed by atoms with E-state index in [1.807, 2.05) is 6.92 Å². The van der Waals surface area contributed by atoms with E-state index in [-0.39, 0.29) is 13.2 Å². The van der Waals surface area contributed by atoms with Crippen LogP contribution in [0.5, 0.6) is 0 Å². The smallest absolute Gasteiger partial charge is 0.407 e. The number of amides is 1. The molecule has 0 atom stereocenters. The van der Waals surface area contributed by atoms with Crippen LogP contribution in [-0.4, -0.2) is 54.6 Å². The van der Waals surface area contributed by atoms with Crippen LogP contribution in [0.15, 0.2) is 12.2 Å². The number of carbonyl (C=O) groups is 2. The lowest BCUT2D eigenvalue weighted by molar-refractivity contribution is -0.138. The Hall–Kier alpha value is -1.38. The summed E-state index contributed by atoms with van der Waals surface area (Å²) in [6.07, 6.45) is 0.143. The van der Waals surface area contributed by atoms with Gasteiger partial charge in [-0.15, -0.1) is 0 Å². The SMILES string of the molecule is C=C(C)C(=O)OCCNC(=O)OCCC[Si](CC)(OC)OC. The third kappa shape index (κ3) is 8.16. The zero-order valence-electron chi connectivity index (χ0n) is 13.9. The van der Waals surface area contributed by atoms with Gasteiger partial charge < -0.3 is 23.6 Å². The second-order valence-electron chi connectivity index (χ2n) is 4.75. The lowest BCUT2D eigenvalue weighted by atomic mass is 10.4. The Morgan fingerprint density at radius 3 is 2.27 bits per heavy atom. The third-order valence-corrected chi connectivity index (χ3v) is 6.85. The Morgan fingerprint density at radius 1 is 1.14 bits per heavy atom. The molecule has 0 saturated heterocycles. The van der Waals surface area contributed by atoms with Crippen LogP contribution in [0.25, 0.3) is 0 Å². The van der Waals surface area contributed by atoms with Crippen LogP contribution < -0.4 is 5.32 Å². The van der Waals surface area contributed by atoms with Crippen molar-refractivity contribution in [3.05, 3.63) is 12.2 Å². The Bertz CT molecular complexity index is 362. The van der Waals surface area contributed by atoms with Crippen LogP contribution in [0, 0.1) is 0 Å². The van der Waals surface area contributed by atoms with Gasteiger partial charge in [0.2, 0.25) is 0 Å². The number of alkyl carbamates (subject to hydrolysis) is 1. The second kappa shape index (κ2) is 11.2. The number of carbonyl (C=O) groups excluding carboxylic acids is 2. The Labute approximate surface area is 133 Å². The van der Waals surface area contributed by atoms with E-state index >= 15 is 0 Å². The van der Waals surface area contributed by atoms with Crippen molar-refractivity contribution in [2.75, 3.05) is 34.0 Å². The van der Waals surface area contributed by atoms with E-state index in [0.29, 0.717) is 18.6 Å². The van der Waals surface area contributed by atoms with Crippen molar-refractivity contribution in [3.8, 4) is 0 Å². The summed E-state index contributed by atoms with van der Waals surface area (Å²) in [5.41, 5.74) is 0.322. The molecule has 0 aliphatic rings. The maximum atomic E-state index is 11.4. The summed E-state index contributed by atoms with van der Waals surface area (Å²) < 4.78 is 20.8. The monoisotopic (exact) mass is 333 g/mol. The molecule has 0 fully saturated rings. The van der Waals surface area contributed by atoms with Crippen LogP contribution in [-0.2, 0) is 23.1 Å². The number of hydrogen-bond acceptors (Lipinski definition) is 6. The fourth-order valence-corrected chi connectivity index (χ4v) is 3.92. The Morgan fingerprint density at radius 2 is 1.77 bits per heavy atom. The number of rotatable bonds is 11. The van der Waals surface area contributed by atoms with Gasteiger partial charge in [0.25, 0.3) is 0 Å². The average Bonchev–Trinajstić information content (AvgIpc) is 2.52. The number of ether oxygens (including phenoxy) is 2. The highest BCUT2D eigenvalue weighted by atomic mass is 28.4. The molecule has 0 aromatic rings. The molecular weight excluding hydrogens is 306 g/mol. The molecule has 1 N–H and O–H groups in total. The van der Waals surface area contributed by atoms with E-state index in [1.165, 1.54) is 0 Å². The molecule has 22 heavy (non-hydrogen) atoms. The van der Waals surface area contributed by atoms with Crippen molar-refractivity contribution in [1.29, 1.82) is 0 Å². The summed E-state index contributed by atoms with van der Waals surface area (Å²) in [5, 5.41) is 2.50. The van der Waals surface area contributed by atoms with Crippen molar-refractivity contribution >= 4 is 20.6 Å². The average molecular weight is 333 g/mol. The standard InChI is InChI=1S/C14H27NO6Si/c1-6-22(18-4,19-5)11-7-9-21-14(17)15-8-10-20-13(16)12(2)3/h2,6-11H2,1,3-5H3,(H,15,17). The highest BCUT2D eigenvalue weighted by Gasteiger charge is 2.32. The second-order valence-corrected chi connectivity index (χ2v) is 8.60. The first-order valence-electron chi connectivity index (χ1n) is 7.24. The summed E-state index contributed by atoms with van der Waals surface area (Å²) in [7, 11) is 1.18. The zero-order valence-corrected chi connectivity index (χ0v) is 14.9. The van der Waals surface area contributed by atoms with E-state index in [1.54, 1.807) is 21.1 Å². The third-order valence-electron chi connectivity index (χ3n) is 3.17. The van der Waals surface area contributed by atoms with Crippen molar-refractivity contribution in [2.45, 2.75) is 32.4 Å². The van der Waals surface area contributed by atoms with Crippen LogP contribution in [0.1, 0.15) is 20.3 Å². The van der Waals surface area contributed by atoms with Gasteiger partial charge in [-0.3, -0.25) is 0 Å². The quantitative estimate of drug-likeness (QED) is 0.269. The summed E-state index contributed by atoms with van der Waals surface area (Å²) in [6.45, 7) is 7.61. The Kier molecular flexibility index (Phi) is 10.5. The number of esters is 1. The molecule has 0 spiro atoms. The van der Waals surface area contributed by atoms with E-state index in [4.69, 9.17) is 18.3 Å². The van der Waals surface area contributed by atoms with Gasteiger partial charge in [0, 0.05) is 19.8 Å². The van der Waals surface area contributed by atoms with Gasteiger partial charge in [0.15, 0.2) is 0 Å². The molecule has 0 bridgehead atoms. The molecular formula is C14H27NO6Si. The van der Waals surface area contributed by atoms with E-state index in [9.17, 15) is 9.59 Å². The van der Waals surface area contributed by atoms with E-state index < -0.39 is 20.6 Å². The molecule has 0 heterocycles. The number of nitrogens with one attached hydrogen (secondary N) is 1. The van der Waals surface area contributed by atoms with Gasteiger partial charge >= 0.3 is 20.6 Å². The van der Waals surface area contributed by atoms with Gasteiger partial charge in [-0.25, -0.2) is 9.59 Å². The van der Waals surface area contributed by atoms with E-state index in [0.717, 1.165) is 12.1 Å². The molecule has 0 aliphatic carbocycles. The normalized spacial score (nSPS) is 10.9. The molecule has 0 aromatic carbocycles. The highest BCUT2D eigenvalue weighted by molar-refractivity contribution is 6.67. The summed E-state index contributed by atoms with van der Waals surface area (Å²) in [6, 6.07) is 1.61. The summed E-state index contributed by atoms with van der Waals surface area (Å²) in [5.74, 6) is -0.477. The van der Waals surface area contributed by atoms with Gasteiger partial charge in [0.05, 0.1) is 13.2 Å². The largest absolute Gasteiger partial charge is 0.460 e. The van der Waals surface area contributed by atoms with Gasteiger partial charge in [-0.2, -0.15) is 0 Å². The highest BCUT2D eigenvalue weighted by Crippen LogP contribution is 2.18. The molecule has 128 valence electrons. The topological polar surface area (TPSA) is 83.1 Å². The minimum atomic E-state index is -2.12. The molecule has 1 amide bonds. The van der Waals surface area contributed by atoms with Crippen molar-refractivity contribution < 1.29 is 27.9 Å². The molecule has 0 rings (SSSR count). The van der Waals surface area contributed by atoms with Crippen LogP contribution in [0.2, 0.25) is 12.1 Å². The van der Waals surface area contributed by atoms with E-state index in [2.05, 4.69) is 11.9 Å². The fraction of sp³-hybridized carbons (Fsp3) is 0.714. The minimum absolute atomic E-state index is 0.0833. The molecule has 8 heteroatoms. The molecule has 0 saturated carbocycles. The maximum Gasteiger partial charge on any atom is 0.407 e. The van der Waals surface area contributed by atoms with Crippen LogP contribution in [0.4, 0.5) is 4.79 Å². The zero-order chi connectivity index (χ0) is 17.0. The van der Waals surface area contributed by atoms with Gasteiger partial charge in [-0.05, 0) is 25.4 Å².